The number of pyridine rings is 2. The fraction of sp³-hybridized carbons (Fsp3) is 0.621. The molecule has 3 rings (SSSR count). The van der Waals surface area contributed by atoms with Crippen molar-refractivity contribution in [3.8, 4) is 17.0 Å². The Morgan fingerprint density at radius 1 is 1.11 bits per heavy atom. The maximum atomic E-state index is 12.6. The van der Waals surface area contributed by atoms with Gasteiger partial charge in [-0.3, -0.25) is 4.98 Å². The van der Waals surface area contributed by atoms with E-state index < -0.39 is 17.7 Å². The van der Waals surface area contributed by atoms with Crippen molar-refractivity contribution in [2.24, 2.45) is 11.3 Å². The van der Waals surface area contributed by atoms with Crippen LogP contribution in [-0.2, 0) is 9.53 Å². The van der Waals surface area contributed by atoms with Gasteiger partial charge in [-0.1, -0.05) is 27.7 Å². The van der Waals surface area contributed by atoms with Gasteiger partial charge in [-0.15, -0.1) is 0 Å². The molecule has 1 atom stereocenters. The molecule has 0 saturated carbocycles. The first-order valence-corrected chi connectivity index (χ1v) is 12.9. The Balaban J connectivity index is 2.19. The third kappa shape index (κ3) is 6.75. The number of ether oxygens (including phenoxy) is 2. The van der Waals surface area contributed by atoms with Gasteiger partial charge in [0.25, 0.3) is 0 Å². The number of carboxylic acid groups (broad SMARTS) is 1. The normalized spacial score (nSPS) is 16.8. The predicted molar refractivity (Wildman–Crippen MR) is 144 cm³/mol. The lowest BCUT2D eigenvalue weighted by Gasteiger charge is -2.41. The summed E-state index contributed by atoms with van der Waals surface area (Å²) in [5, 5.41) is 10.3. The van der Waals surface area contributed by atoms with Crippen molar-refractivity contribution in [2.45, 2.75) is 86.9 Å². The molecule has 1 aliphatic heterocycles. The van der Waals surface area contributed by atoms with Crippen LogP contribution in [0.1, 0.15) is 84.2 Å². The first-order valence-electron chi connectivity index (χ1n) is 12.9. The highest BCUT2D eigenvalue weighted by Crippen LogP contribution is 2.44. The fourth-order valence-electron chi connectivity index (χ4n) is 4.53. The fourth-order valence-corrected chi connectivity index (χ4v) is 4.53. The molecule has 0 amide bonds. The summed E-state index contributed by atoms with van der Waals surface area (Å²) in [5.41, 5.74) is 4.57. The highest BCUT2D eigenvalue weighted by atomic mass is 16.5. The molecule has 0 aromatic carbocycles. The molecule has 0 spiro atoms. The standard InChI is InChI=1S/C29H43N3O4/c1-18(2)17-35-23-14-19(3)21(15-31-23)22-16-30-20(4)24(26(27(33)34)36-28(5,6)7)25(22)32-12-10-29(8,9)11-13-32/h14-16,18,26H,10-13,17H2,1-9H3,(H,33,34)/t26-/m0/s1. The van der Waals surface area contributed by atoms with Crippen molar-refractivity contribution < 1.29 is 19.4 Å². The number of hydrogen-bond acceptors (Lipinski definition) is 6. The van der Waals surface area contributed by atoms with E-state index in [1.807, 2.05) is 53.1 Å². The van der Waals surface area contributed by atoms with Crippen molar-refractivity contribution in [3.63, 3.8) is 0 Å². The maximum absolute atomic E-state index is 12.6. The van der Waals surface area contributed by atoms with Crippen LogP contribution >= 0.6 is 0 Å². The molecule has 1 fully saturated rings. The van der Waals surface area contributed by atoms with Crippen LogP contribution < -0.4 is 9.64 Å². The van der Waals surface area contributed by atoms with Crippen LogP contribution in [0.15, 0.2) is 18.5 Å². The average molecular weight is 498 g/mol. The number of carboxylic acids is 1. The molecule has 0 radical (unpaired) electrons. The van der Waals surface area contributed by atoms with Crippen LogP contribution in [0.4, 0.5) is 5.69 Å². The predicted octanol–water partition coefficient (Wildman–Crippen LogP) is 6.36. The van der Waals surface area contributed by atoms with Crippen molar-refractivity contribution >= 4 is 11.7 Å². The van der Waals surface area contributed by atoms with E-state index in [4.69, 9.17) is 9.47 Å². The molecule has 36 heavy (non-hydrogen) atoms. The second-order valence-corrected chi connectivity index (χ2v) is 12.2. The summed E-state index contributed by atoms with van der Waals surface area (Å²) in [7, 11) is 0. The largest absolute Gasteiger partial charge is 0.479 e. The van der Waals surface area contributed by atoms with Crippen LogP contribution in [-0.4, -0.2) is 46.3 Å². The summed E-state index contributed by atoms with van der Waals surface area (Å²) in [6.45, 7) is 20.6. The zero-order chi connectivity index (χ0) is 26.8. The van der Waals surface area contributed by atoms with E-state index in [-0.39, 0.29) is 5.41 Å². The maximum Gasteiger partial charge on any atom is 0.337 e. The number of hydrogen-bond donors (Lipinski definition) is 1. The molecule has 1 saturated heterocycles. The number of piperidine rings is 1. The molecule has 2 aromatic rings. The van der Waals surface area contributed by atoms with Gasteiger partial charge in [-0.05, 0) is 64.4 Å². The third-order valence-corrected chi connectivity index (χ3v) is 6.62. The van der Waals surface area contributed by atoms with E-state index in [9.17, 15) is 9.90 Å². The molecule has 198 valence electrons. The number of anilines is 1. The highest BCUT2D eigenvalue weighted by molar-refractivity contribution is 5.87. The van der Waals surface area contributed by atoms with Crippen molar-refractivity contribution in [2.75, 3.05) is 24.6 Å². The molecule has 1 aliphatic rings. The van der Waals surface area contributed by atoms with Gasteiger partial charge in [0.1, 0.15) is 0 Å². The number of carbonyl (C=O) groups is 1. The summed E-state index contributed by atoms with van der Waals surface area (Å²) in [4.78, 5) is 24.1. The zero-order valence-electron chi connectivity index (χ0n) is 23.4. The minimum absolute atomic E-state index is 0.250. The van der Waals surface area contributed by atoms with E-state index in [2.05, 4.69) is 42.6 Å². The minimum Gasteiger partial charge on any atom is -0.479 e. The van der Waals surface area contributed by atoms with E-state index in [1.165, 1.54) is 0 Å². The smallest absolute Gasteiger partial charge is 0.337 e. The summed E-state index contributed by atoms with van der Waals surface area (Å²) in [6.07, 6.45) is 4.57. The Morgan fingerprint density at radius 2 is 1.72 bits per heavy atom. The van der Waals surface area contributed by atoms with Gasteiger partial charge in [0.05, 0.1) is 17.9 Å². The second-order valence-electron chi connectivity index (χ2n) is 12.2. The number of rotatable bonds is 8. The second kappa shape index (κ2) is 10.8. The SMILES string of the molecule is Cc1cc(OCC(C)C)ncc1-c1cnc(C)c([C@H](OC(C)(C)C)C(=O)O)c1N1CCC(C)(C)CC1. The van der Waals surface area contributed by atoms with Crippen molar-refractivity contribution in [1.82, 2.24) is 9.97 Å². The van der Waals surface area contributed by atoms with Gasteiger partial charge in [-0.25, -0.2) is 9.78 Å². The lowest BCUT2D eigenvalue weighted by Crippen LogP contribution is -2.39. The first kappa shape index (κ1) is 27.9. The number of aryl methyl sites for hydroxylation is 2. The number of aromatic nitrogens is 2. The van der Waals surface area contributed by atoms with Gasteiger partial charge < -0.3 is 19.5 Å². The molecule has 7 heteroatoms. The molecule has 0 bridgehead atoms. The Hall–Kier alpha value is -2.67. The molecule has 7 nitrogen and oxygen atoms in total. The number of nitrogens with zero attached hydrogens (tertiary/aromatic N) is 3. The highest BCUT2D eigenvalue weighted by Gasteiger charge is 2.36. The van der Waals surface area contributed by atoms with Gasteiger partial charge >= 0.3 is 5.97 Å². The van der Waals surface area contributed by atoms with Crippen LogP contribution in [0.5, 0.6) is 5.88 Å². The van der Waals surface area contributed by atoms with Crippen molar-refractivity contribution in [1.29, 1.82) is 0 Å². The van der Waals surface area contributed by atoms with E-state index in [0.717, 1.165) is 48.3 Å². The number of aliphatic carboxylic acids is 1. The van der Waals surface area contributed by atoms with Crippen LogP contribution in [0, 0.1) is 25.2 Å². The molecule has 0 aliphatic carbocycles. The van der Waals surface area contributed by atoms with Crippen molar-refractivity contribution in [3.05, 3.63) is 35.3 Å². The lowest BCUT2D eigenvalue weighted by molar-refractivity contribution is -0.160. The van der Waals surface area contributed by atoms with Crippen LogP contribution in [0.25, 0.3) is 11.1 Å². The molecular formula is C29H43N3O4. The molecule has 2 aromatic heterocycles. The van der Waals surface area contributed by atoms with Gasteiger partial charge in [0, 0.05) is 53.9 Å². The topological polar surface area (TPSA) is 84.8 Å². The third-order valence-electron chi connectivity index (χ3n) is 6.62. The summed E-state index contributed by atoms with van der Waals surface area (Å²) in [5.74, 6) is -0.0230. The summed E-state index contributed by atoms with van der Waals surface area (Å²) < 4.78 is 12.0. The minimum atomic E-state index is -1.13. The van der Waals surface area contributed by atoms with E-state index in [1.54, 1.807) is 0 Å². The Morgan fingerprint density at radius 3 is 2.25 bits per heavy atom. The van der Waals surface area contributed by atoms with E-state index >= 15 is 0 Å². The summed E-state index contributed by atoms with van der Waals surface area (Å²) >= 11 is 0. The monoisotopic (exact) mass is 497 g/mol. The zero-order valence-corrected chi connectivity index (χ0v) is 23.4. The van der Waals surface area contributed by atoms with Crippen LogP contribution in [0.3, 0.4) is 0 Å². The molecule has 0 unspecified atom stereocenters. The molecule has 1 N–H and O–H groups in total. The van der Waals surface area contributed by atoms with E-state index in [0.29, 0.717) is 29.7 Å². The van der Waals surface area contributed by atoms with Crippen LogP contribution in [0.2, 0.25) is 0 Å². The Labute approximate surface area is 216 Å². The van der Waals surface area contributed by atoms with Gasteiger partial charge in [0.2, 0.25) is 5.88 Å². The average Bonchev–Trinajstić information content (AvgIpc) is 2.76. The molecule has 3 heterocycles. The summed E-state index contributed by atoms with van der Waals surface area (Å²) in [6, 6.07) is 1.95. The lowest BCUT2D eigenvalue weighted by atomic mass is 9.82. The van der Waals surface area contributed by atoms with Gasteiger partial charge in [-0.2, -0.15) is 0 Å². The van der Waals surface area contributed by atoms with Gasteiger partial charge in [0.15, 0.2) is 6.10 Å². The quantitative estimate of drug-likeness (QED) is 0.454. The molecular weight excluding hydrogens is 454 g/mol. The Bertz CT molecular complexity index is 1080. The Kier molecular flexibility index (Phi) is 8.33. The first-order chi connectivity index (χ1) is 16.7.